The number of aromatic amines is 1. The molecular formula is C11H13N3OS2. The molecule has 17 heavy (non-hydrogen) atoms. The zero-order valence-corrected chi connectivity index (χ0v) is 11.2. The van der Waals surface area contributed by atoms with E-state index in [1.807, 2.05) is 0 Å². The van der Waals surface area contributed by atoms with E-state index < -0.39 is 0 Å². The van der Waals surface area contributed by atoms with Crippen LogP contribution in [0, 0.1) is 4.84 Å². The van der Waals surface area contributed by atoms with Crippen molar-refractivity contribution in [2.45, 2.75) is 38.5 Å². The number of H-pyrrole nitrogens is 1. The Hall–Kier alpha value is -1.01. The van der Waals surface area contributed by atoms with Crippen molar-refractivity contribution in [2.24, 2.45) is 0 Å². The van der Waals surface area contributed by atoms with Gasteiger partial charge in [-0.25, -0.2) is 10.1 Å². The van der Waals surface area contributed by atoms with Crippen LogP contribution in [0.3, 0.4) is 0 Å². The van der Waals surface area contributed by atoms with E-state index in [1.54, 1.807) is 11.3 Å². The first-order valence-corrected chi connectivity index (χ1v) is 7.06. The monoisotopic (exact) mass is 267 g/mol. The summed E-state index contributed by atoms with van der Waals surface area (Å²) in [5, 5.41) is 7.99. The molecule has 0 aliphatic heterocycles. The largest absolute Gasteiger partial charge is 0.408 e. The van der Waals surface area contributed by atoms with Crippen molar-refractivity contribution in [1.82, 2.24) is 15.2 Å². The van der Waals surface area contributed by atoms with Crippen molar-refractivity contribution in [3.8, 4) is 10.8 Å². The summed E-state index contributed by atoms with van der Waals surface area (Å²) < 4.78 is 5.39. The predicted octanol–water partition coefficient (Wildman–Crippen LogP) is 3.69. The Morgan fingerprint density at radius 2 is 2.35 bits per heavy atom. The van der Waals surface area contributed by atoms with E-state index in [1.165, 1.54) is 17.8 Å². The highest BCUT2D eigenvalue weighted by Crippen LogP contribution is 2.44. The highest BCUT2D eigenvalue weighted by atomic mass is 32.1. The summed E-state index contributed by atoms with van der Waals surface area (Å²) >= 11 is 6.61. The number of aryl methyl sites for hydroxylation is 1. The average molecular weight is 267 g/mol. The summed E-state index contributed by atoms with van der Waals surface area (Å²) in [6, 6.07) is 0. The lowest BCUT2D eigenvalue weighted by atomic mass is 10.2. The van der Waals surface area contributed by atoms with Gasteiger partial charge in [0.25, 0.3) is 10.7 Å². The van der Waals surface area contributed by atoms with Crippen LogP contribution in [0.1, 0.15) is 42.8 Å². The first-order chi connectivity index (χ1) is 8.28. The summed E-state index contributed by atoms with van der Waals surface area (Å²) in [6.45, 7) is 2.15. The van der Waals surface area contributed by atoms with Crippen molar-refractivity contribution in [3.05, 3.63) is 15.5 Å². The van der Waals surface area contributed by atoms with Crippen LogP contribution in [0.25, 0.3) is 10.8 Å². The number of rotatable bonds is 4. The zero-order chi connectivity index (χ0) is 11.8. The maximum Gasteiger partial charge on any atom is 0.284 e. The molecule has 1 fully saturated rings. The molecule has 0 saturated heterocycles. The van der Waals surface area contributed by atoms with Crippen molar-refractivity contribution < 1.29 is 4.42 Å². The molecule has 90 valence electrons. The number of hydrogen-bond acceptors (Lipinski definition) is 5. The molecule has 6 heteroatoms. The lowest BCUT2D eigenvalue weighted by molar-refractivity contribution is 0.552. The topological polar surface area (TPSA) is 54.7 Å². The normalized spacial score (nSPS) is 15.4. The minimum atomic E-state index is 0.323. The summed E-state index contributed by atoms with van der Waals surface area (Å²) in [5.41, 5.74) is 1.10. The van der Waals surface area contributed by atoms with Crippen LogP contribution >= 0.6 is 23.6 Å². The van der Waals surface area contributed by atoms with E-state index >= 15 is 0 Å². The number of nitrogens with zero attached hydrogens (tertiary/aromatic N) is 2. The molecule has 2 aromatic rings. The summed E-state index contributed by atoms with van der Waals surface area (Å²) in [6.07, 6.45) is 4.57. The molecule has 0 unspecified atom stereocenters. The summed E-state index contributed by atoms with van der Waals surface area (Å²) in [7, 11) is 0. The second-order valence-corrected chi connectivity index (χ2v) is 5.67. The van der Waals surface area contributed by atoms with Crippen LogP contribution in [0.4, 0.5) is 0 Å². The molecular weight excluding hydrogens is 254 g/mol. The van der Waals surface area contributed by atoms with E-state index in [4.69, 9.17) is 21.6 Å². The lowest BCUT2D eigenvalue weighted by Gasteiger charge is -1.94. The molecule has 1 N–H and O–H groups in total. The van der Waals surface area contributed by atoms with E-state index in [0.717, 1.165) is 23.4 Å². The molecule has 4 nitrogen and oxygen atoms in total. The van der Waals surface area contributed by atoms with Crippen LogP contribution in [0.15, 0.2) is 4.42 Å². The highest BCUT2D eigenvalue weighted by molar-refractivity contribution is 7.71. The van der Waals surface area contributed by atoms with Crippen molar-refractivity contribution in [1.29, 1.82) is 0 Å². The molecule has 0 atom stereocenters. The number of hydrogen-bond donors (Lipinski definition) is 1. The Kier molecular flexibility index (Phi) is 2.84. The SMILES string of the molecule is CCCc1nc(C2CC2)sc1-c1n[nH]c(=S)o1. The third kappa shape index (κ3) is 2.19. The van der Waals surface area contributed by atoms with E-state index in [2.05, 4.69) is 17.1 Å². The number of aromatic nitrogens is 3. The quantitative estimate of drug-likeness (QED) is 0.858. The molecule has 2 aromatic heterocycles. The van der Waals surface area contributed by atoms with Crippen molar-refractivity contribution >= 4 is 23.6 Å². The first-order valence-electron chi connectivity index (χ1n) is 5.83. The van der Waals surface area contributed by atoms with Crippen molar-refractivity contribution in [2.75, 3.05) is 0 Å². The third-order valence-corrected chi connectivity index (χ3v) is 4.18. The fraction of sp³-hybridized carbons (Fsp3) is 0.545. The van der Waals surface area contributed by atoms with Gasteiger partial charge in [-0.2, -0.15) is 0 Å². The average Bonchev–Trinajstić information content (AvgIpc) is 2.94. The van der Waals surface area contributed by atoms with E-state index in [0.29, 0.717) is 16.6 Å². The van der Waals surface area contributed by atoms with Gasteiger partial charge in [-0.05, 0) is 31.5 Å². The Balaban J connectivity index is 2.03. The van der Waals surface area contributed by atoms with Crippen LogP contribution in [0.5, 0.6) is 0 Å². The Morgan fingerprint density at radius 1 is 1.53 bits per heavy atom. The summed E-state index contributed by atoms with van der Waals surface area (Å²) in [4.78, 5) is 6.08. The van der Waals surface area contributed by atoms with Gasteiger partial charge < -0.3 is 4.42 Å². The van der Waals surface area contributed by atoms with Gasteiger partial charge in [-0.15, -0.1) is 16.4 Å². The predicted molar refractivity (Wildman–Crippen MR) is 68.8 cm³/mol. The molecule has 1 aliphatic rings. The molecule has 0 radical (unpaired) electrons. The van der Waals surface area contributed by atoms with Crippen LogP contribution in [-0.2, 0) is 6.42 Å². The summed E-state index contributed by atoms with van der Waals surface area (Å²) in [5.74, 6) is 1.26. The van der Waals surface area contributed by atoms with Crippen molar-refractivity contribution in [3.63, 3.8) is 0 Å². The molecule has 1 saturated carbocycles. The van der Waals surface area contributed by atoms with Crippen LogP contribution < -0.4 is 0 Å². The second-order valence-electron chi connectivity index (χ2n) is 4.27. The molecule has 0 bridgehead atoms. The van der Waals surface area contributed by atoms with Crippen LogP contribution in [0.2, 0.25) is 0 Å². The number of thiazole rings is 1. The first kappa shape index (κ1) is 11.1. The fourth-order valence-corrected chi connectivity index (χ4v) is 3.11. The number of nitrogens with one attached hydrogen (secondary N) is 1. The van der Waals surface area contributed by atoms with E-state index in [9.17, 15) is 0 Å². The fourth-order valence-electron chi connectivity index (χ4n) is 1.78. The van der Waals surface area contributed by atoms with Gasteiger partial charge in [0.1, 0.15) is 4.88 Å². The maximum atomic E-state index is 5.39. The lowest BCUT2D eigenvalue weighted by Crippen LogP contribution is -1.88. The minimum Gasteiger partial charge on any atom is -0.408 e. The molecule has 0 spiro atoms. The van der Waals surface area contributed by atoms with E-state index in [-0.39, 0.29) is 0 Å². The molecule has 2 heterocycles. The standard InChI is InChI=1S/C11H13N3OS2/c1-2-3-7-8(9-13-14-11(16)15-9)17-10(12-7)6-4-5-6/h6H,2-5H2,1H3,(H,14,16). The smallest absolute Gasteiger partial charge is 0.284 e. The Morgan fingerprint density at radius 3 is 2.94 bits per heavy atom. The van der Waals surface area contributed by atoms with Gasteiger partial charge in [-0.3, -0.25) is 0 Å². The highest BCUT2D eigenvalue weighted by Gasteiger charge is 2.29. The second kappa shape index (κ2) is 4.34. The van der Waals surface area contributed by atoms with Gasteiger partial charge >= 0.3 is 0 Å². The van der Waals surface area contributed by atoms with Gasteiger partial charge in [0.2, 0.25) is 0 Å². The van der Waals surface area contributed by atoms with Gasteiger partial charge in [0, 0.05) is 5.92 Å². The van der Waals surface area contributed by atoms with Gasteiger partial charge in [-0.1, -0.05) is 13.3 Å². The van der Waals surface area contributed by atoms with Gasteiger partial charge in [0.15, 0.2) is 0 Å². The third-order valence-electron chi connectivity index (χ3n) is 2.76. The van der Waals surface area contributed by atoms with Gasteiger partial charge in [0.05, 0.1) is 10.7 Å². The Labute approximate surface area is 108 Å². The molecule has 0 aromatic carbocycles. The minimum absolute atomic E-state index is 0.323. The Bertz CT molecular complexity index is 580. The maximum absolute atomic E-state index is 5.39. The molecule has 3 rings (SSSR count). The molecule has 0 amide bonds. The molecule has 1 aliphatic carbocycles. The van der Waals surface area contributed by atoms with Crippen LogP contribution in [-0.4, -0.2) is 15.2 Å². The zero-order valence-electron chi connectivity index (χ0n) is 9.52.